The zero-order valence-electron chi connectivity index (χ0n) is 11.8. The van der Waals surface area contributed by atoms with Gasteiger partial charge in [0.1, 0.15) is 5.71 Å². The zero-order chi connectivity index (χ0) is 15.6. The summed E-state index contributed by atoms with van der Waals surface area (Å²) in [7, 11) is 1.77. The van der Waals surface area contributed by atoms with E-state index >= 15 is 0 Å². The molecule has 0 bridgehead atoms. The topological polar surface area (TPSA) is 32.7 Å². The molecule has 6 heteroatoms. The van der Waals surface area contributed by atoms with E-state index in [-0.39, 0.29) is 11.3 Å². The van der Waals surface area contributed by atoms with Crippen LogP contribution in [0.1, 0.15) is 26.3 Å². The SMILES string of the molecule is CN(/N=C(\C(=O)C(Cl)(Cl)Cl)c1ccccc1)C(C)(C)C. The van der Waals surface area contributed by atoms with Crippen LogP contribution in [0.25, 0.3) is 0 Å². The zero-order valence-corrected chi connectivity index (χ0v) is 14.1. The van der Waals surface area contributed by atoms with Crippen LogP contribution >= 0.6 is 34.8 Å². The maximum absolute atomic E-state index is 12.3. The van der Waals surface area contributed by atoms with Crippen molar-refractivity contribution >= 4 is 46.3 Å². The molecule has 0 fully saturated rings. The monoisotopic (exact) mass is 334 g/mol. The minimum absolute atomic E-state index is 0.128. The molecule has 1 aromatic rings. The summed E-state index contributed by atoms with van der Waals surface area (Å²) in [6.45, 7) is 5.91. The molecule has 110 valence electrons. The molecule has 0 aliphatic rings. The van der Waals surface area contributed by atoms with Crippen LogP contribution in [0.2, 0.25) is 0 Å². The van der Waals surface area contributed by atoms with E-state index in [1.807, 2.05) is 26.8 Å². The summed E-state index contributed by atoms with van der Waals surface area (Å²) >= 11 is 17.1. The minimum Gasteiger partial charge on any atom is -0.294 e. The van der Waals surface area contributed by atoms with Crippen molar-refractivity contribution in [3.8, 4) is 0 Å². The molecule has 0 radical (unpaired) electrons. The van der Waals surface area contributed by atoms with Gasteiger partial charge in [-0.05, 0) is 20.8 Å². The lowest BCUT2D eigenvalue weighted by Crippen LogP contribution is -2.37. The highest BCUT2D eigenvalue weighted by atomic mass is 35.6. The van der Waals surface area contributed by atoms with Crippen LogP contribution < -0.4 is 0 Å². The van der Waals surface area contributed by atoms with Crippen molar-refractivity contribution in [2.45, 2.75) is 30.1 Å². The molecule has 0 saturated heterocycles. The Morgan fingerprint density at radius 3 is 2.00 bits per heavy atom. The molecule has 0 saturated carbocycles. The molecule has 0 aliphatic carbocycles. The van der Waals surface area contributed by atoms with Crippen molar-refractivity contribution in [1.29, 1.82) is 0 Å². The van der Waals surface area contributed by atoms with Crippen molar-refractivity contribution in [2.24, 2.45) is 5.10 Å². The third kappa shape index (κ3) is 4.65. The van der Waals surface area contributed by atoms with Gasteiger partial charge in [-0.3, -0.25) is 9.80 Å². The molecule has 0 aliphatic heterocycles. The van der Waals surface area contributed by atoms with Gasteiger partial charge in [-0.15, -0.1) is 0 Å². The number of alkyl halides is 3. The Kier molecular flexibility index (Phi) is 5.47. The molecule has 1 aromatic carbocycles. The van der Waals surface area contributed by atoms with E-state index in [2.05, 4.69) is 5.10 Å². The van der Waals surface area contributed by atoms with E-state index in [0.717, 1.165) is 0 Å². The van der Waals surface area contributed by atoms with Crippen LogP contribution in [0, 0.1) is 0 Å². The van der Waals surface area contributed by atoms with Gasteiger partial charge >= 0.3 is 0 Å². The minimum atomic E-state index is -2.03. The highest BCUT2D eigenvalue weighted by Crippen LogP contribution is 2.29. The summed E-state index contributed by atoms with van der Waals surface area (Å²) in [5.41, 5.74) is 0.483. The number of benzene rings is 1. The fourth-order valence-corrected chi connectivity index (χ4v) is 1.53. The molecule has 0 spiro atoms. The number of rotatable bonds is 3. The number of carbonyl (C=O) groups is 1. The first-order chi connectivity index (χ1) is 9.03. The normalized spacial score (nSPS) is 13.2. The number of Topliss-reactive ketones (excluding diaryl/α,β-unsaturated/α-hetero) is 1. The van der Waals surface area contributed by atoms with Gasteiger partial charge in [-0.25, -0.2) is 0 Å². The van der Waals surface area contributed by atoms with Crippen LogP contribution in [0.4, 0.5) is 0 Å². The van der Waals surface area contributed by atoms with Crippen molar-refractivity contribution in [3.63, 3.8) is 0 Å². The second kappa shape index (κ2) is 6.33. The quantitative estimate of drug-likeness (QED) is 0.474. The van der Waals surface area contributed by atoms with Gasteiger partial charge in [-0.1, -0.05) is 65.1 Å². The highest BCUT2D eigenvalue weighted by molar-refractivity contribution is 6.83. The maximum Gasteiger partial charge on any atom is 0.255 e. The molecule has 0 N–H and O–H groups in total. The first-order valence-electron chi connectivity index (χ1n) is 6.03. The van der Waals surface area contributed by atoms with Crippen molar-refractivity contribution < 1.29 is 4.79 Å². The van der Waals surface area contributed by atoms with Crippen molar-refractivity contribution in [3.05, 3.63) is 35.9 Å². The van der Waals surface area contributed by atoms with Crippen molar-refractivity contribution in [2.75, 3.05) is 7.05 Å². The summed E-state index contributed by atoms with van der Waals surface area (Å²) in [6.07, 6.45) is 0. The molecule has 0 aromatic heterocycles. The molecule has 0 unspecified atom stereocenters. The summed E-state index contributed by atoms with van der Waals surface area (Å²) in [6, 6.07) is 8.95. The number of hydrogen-bond acceptors (Lipinski definition) is 3. The van der Waals surface area contributed by atoms with Crippen LogP contribution in [0.15, 0.2) is 35.4 Å². The number of hydrazone groups is 1. The Labute approximate surface area is 134 Å². The maximum atomic E-state index is 12.3. The van der Waals surface area contributed by atoms with Gasteiger partial charge in [-0.2, -0.15) is 5.10 Å². The molecular weight excluding hydrogens is 319 g/mol. The first kappa shape index (κ1) is 17.3. The van der Waals surface area contributed by atoms with Crippen LogP contribution in [-0.4, -0.2) is 32.9 Å². The van der Waals surface area contributed by atoms with E-state index in [1.54, 1.807) is 36.3 Å². The van der Waals surface area contributed by atoms with E-state index in [0.29, 0.717) is 5.56 Å². The van der Waals surface area contributed by atoms with Crippen LogP contribution in [0.3, 0.4) is 0 Å². The third-order valence-corrected chi connectivity index (χ3v) is 3.26. The highest BCUT2D eigenvalue weighted by Gasteiger charge is 2.36. The Morgan fingerprint density at radius 2 is 1.60 bits per heavy atom. The average Bonchev–Trinajstić information content (AvgIpc) is 2.33. The second-order valence-corrected chi connectivity index (χ2v) is 7.62. The van der Waals surface area contributed by atoms with Gasteiger partial charge in [0, 0.05) is 18.2 Å². The Balaban J connectivity index is 3.30. The number of ketones is 1. The van der Waals surface area contributed by atoms with E-state index in [9.17, 15) is 4.79 Å². The predicted octanol–water partition coefficient (Wildman–Crippen LogP) is 4.06. The largest absolute Gasteiger partial charge is 0.294 e. The van der Waals surface area contributed by atoms with Gasteiger partial charge < -0.3 is 0 Å². The Bertz CT molecular complexity index is 501. The number of halogens is 3. The molecule has 3 nitrogen and oxygen atoms in total. The lowest BCUT2D eigenvalue weighted by molar-refractivity contribution is -0.112. The number of hydrogen-bond donors (Lipinski definition) is 0. The van der Waals surface area contributed by atoms with Crippen LogP contribution in [-0.2, 0) is 4.79 Å². The summed E-state index contributed by atoms with van der Waals surface area (Å²) in [5, 5.41) is 6.00. The molecule has 0 heterocycles. The second-order valence-electron chi connectivity index (χ2n) is 5.34. The van der Waals surface area contributed by atoms with Gasteiger partial charge in [0.25, 0.3) is 3.79 Å². The Morgan fingerprint density at radius 1 is 1.10 bits per heavy atom. The summed E-state index contributed by atoms with van der Waals surface area (Å²) in [5.74, 6) is -0.648. The third-order valence-electron chi connectivity index (χ3n) is 2.74. The number of carbonyl (C=O) groups excluding carboxylic acids is 1. The van der Waals surface area contributed by atoms with Gasteiger partial charge in [0.05, 0.1) is 0 Å². The Hall–Kier alpha value is -0.770. The van der Waals surface area contributed by atoms with E-state index in [1.165, 1.54) is 0 Å². The average molecular weight is 336 g/mol. The standard InChI is InChI=1S/C14H17Cl3N2O/c1-13(2,3)19(4)18-11(12(20)14(15,16)17)10-8-6-5-7-9-10/h5-9H,1-4H3/b18-11-. The predicted molar refractivity (Wildman–Crippen MR) is 85.8 cm³/mol. The van der Waals surface area contributed by atoms with Gasteiger partial charge in [0.2, 0.25) is 5.78 Å². The summed E-state index contributed by atoms with van der Waals surface area (Å²) < 4.78 is -2.03. The molecule has 0 amide bonds. The molecular formula is C14H17Cl3N2O. The fourth-order valence-electron chi connectivity index (χ4n) is 1.26. The first-order valence-corrected chi connectivity index (χ1v) is 7.16. The van der Waals surface area contributed by atoms with Crippen LogP contribution in [0.5, 0.6) is 0 Å². The van der Waals surface area contributed by atoms with E-state index in [4.69, 9.17) is 34.8 Å². The summed E-state index contributed by atoms with van der Waals surface area (Å²) in [4.78, 5) is 12.3. The van der Waals surface area contributed by atoms with E-state index < -0.39 is 9.58 Å². The van der Waals surface area contributed by atoms with Gasteiger partial charge in [0.15, 0.2) is 0 Å². The lowest BCUT2D eigenvalue weighted by Gasteiger charge is -2.30. The molecule has 20 heavy (non-hydrogen) atoms. The number of nitrogens with zero attached hydrogens (tertiary/aromatic N) is 2. The smallest absolute Gasteiger partial charge is 0.255 e. The molecule has 0 atom stereocenters. The fraction of sp³-hybridized carbons (Fsp3) is 0.429. The van der Waals surface area contributed by atoms with Crippen molar-refractivity contribution in [1.82, 2.24) is 5.01 Å². The molecule has 1 rings (SSSR count). The lowest BCUT2D eigenvalue weighted by atomic mass is 10.1.